The third kappa shape index (κ3) is 6.31. The number of hydrogen-bond acceptors (Lipinski definition) is 3. The second-order valence-corrected chi connectivity index (χ2v) is 5.86. The Morgan fingerprint density at radius 3 is 2.39 bits per heavy atom. The average Bonchev–Trinajstić information content (AvgIpc) is 2.35. The van der Waals surface area contributed by atoms with Crippen LogP contribution in [0, 0.1) is 0 Å². The van der Waals surface area contributed by atoms with E-state index in [9.17, 15) is 0 Å². The maximum atomic E-state index is 5.62. The van der Waals surface area contributed by atoms with Crippen molar-refractivity contribution in [1.29, 1.82) is 0 Å². The molecule has 18 heavy (non-hydrogen) atoms. The number of nitrogens with one attached hydrogen (secondary N) is 1. The van der Waals surface area contributed by atoms with Gasteiger partial charge in [-0.3, -0.25) is 0 Å². The lowest BCUT2D eigenvalue weighted by Crippen LogP contribution is -2.25. The fourth-order valence-corrected chi connectivity index (χ4v) is 2.24. The summed E-state index contributed by atoms with van der Waals surface area (Å²) in [6.07, 6.45) is 3.61. The highest BCUT2D eigenvalue weighted by atomic mass is 32.2. The zero-order chi connectivity index (χ0) is 13.4. The molecule has 3 heteroatoms. The van der Waals surface area contributed by atoms with Crippen LogP contribution in [-0.2, 0) is 6.54 Å². The molecular weight excluding hydrogens is 242 g/mol. The molecular formula is C15H25NOS. The first-order valence-electron chi connectivity index (χ1n) is 6.59. The van der Waals surface area contributed by atoms with Crippen molar-refractivity contribution in [2.24, 2.45) is 0 Å². The number of benzene rings is 1. The summed E-state index contributed by atoms with van der Waals surface area (Å²) in [5.41, 5.74) is 1.31. The number of hydrogen-bond donors (Lipinski definition) is 1. The Kier molecular flexibility index (Phi) is 7.21. The highest BCUT2D eigenvalue weighted by Gasteiger charge is 2.02. The Bertz CT molecular complexity index is 324. The van der Waals surface area contributed by atoms with Crippen LogP contribution in [-0.4, -0.2) is 24.2 Å². The summed E-state index contributed by atoms with van der Waals surface area (Å²) in [6, 6.07) is 8.93. The Balaban J connectivity index is 2.34. The lowest BCUT2D eigenvalue weighted by molar-refractivity contribution is 0.242. The topological polar surface area (TPSA) is 21.3 Å². The average molecular weight is 267 g/mol. The monoisotopic (exact) mass is 267 g/mol. The molecule has 0 spiro atoms. The van der Waals surface area contributed by atoms with Gasteiger partial charge in [-0.25, -0.2) is 0 Å². The minimum Gasteiger partial charge on any atom is -0.491 e. The molecule has 1 rings (SSSR count). The fraction of sp³-hybridized carbons (Fsp3) is 0.600. The van der Waals surface area contributed by atoms with Crippen molar-refractivity contribution in [3.63, 3.8) is 0 Å². The Hall–Kier alpha value is -0.670. The van der Waals surface area contributed by atoms with Gasteiger partial charge in [0.2, 0.25) is 0 Å². The van der Waals surface area contributed by atoms with E-state index in [1.54, 1.807) is 0 Å². The summed E-state index contributed by atoms with van der Waals surface area (Å²) in [7, 11) is 0. The van der Waals surface area contributed by atoms with Gasteiger partial charge in [-0.05, 0) is 56.9 Å². The molecule has 0 saturated heterocycles. The van der Waals surface area contributed by atoms with Gasteiger partial charge in [-0.1, -0.05) is 12.1 Å². The minimum atomic E-state index is 0.237. The minimum absolute atomic E-state index is 0.237. The van der Waals surface area contributed by atoms with Crippen LogP contribution in [0.15, 0.2) is 24.3 Å². The van der Waals surface area contributed by atoms with Crippen LogP contribution in [0.4, 0.5) is 0 Å². The Morgan fingerprint density at radius 2 is 1.83 bits per heavy atom. The van der Waals surface area contributed by atoms with Crippen LogP contribution in [0.5, 0.6) is 5.75 Å². The van der Waals surface area contributed by atoms with Gasteiger partial charge in [0.1, 0.15) is 5.75 Å². The van der Waals surface area contributed by atoms with E-state index >= 15 is 0 Å². The van der Waals surface area contributed by atoms with E-state index in [4.69, 9.17) is 4.74 Å². The van der Waals surface area contributed by atoms with E-state index in [0.717, 1.165) is 12.3 Å². The molecule has 0 aliphatic heterocycles. The van der Waals surface area contributed by atoms with Crippen molar-refractivity contribution in [1.82, 2.24) is 5.32 Å². The molecule has 0 bridgehead atoms. The number of rotatable bonds is 8. The predicted octanol–water partition coefficient (Wildman–Crippen LogP) is 3.71. The Labute approximate surface area is 116 Å². The van der Waals surface area contributed by atoms with Gasteiger partial charge >= 0.3 is 0 Å². The van der Waals surface area contributed by atoms with Gasteiger partial charge in [0.15, 0.2) is 0 Å². The summed E-state index contributed by atoms with van der Waals surface area (Å²) in [6.45, 7) is 7.26. The highest BCUT2D eigenvalue weighted by Crippen LogP contribution is 2.14. The van der Waals surface area contributed by atoms with E-state index in [0.29, 0.717) is 6.04 Å². The summed E-state index contributed by atoms with van der Waals surface area (Å²) in [4.78, 5) is 0. The first-order chi connectivity index (χ1) is 8.61. The molecule has 2 nitrogen and oxygen atoms in total. The van der Waals surface area contributed by atoms with E-state index < -0.39 is 0 Å². The summed E-state index contributed by atoms with van der Waals surface area (Å²) < 4.78 is 5.62. The standard InChI is InChI=1S/C15H25NOS/c1-12(2)17-15-7-5-14(6-8-15)11-16-13(3)9-10-18-4/h5-8,12-13,16H,9-11H2,1-4H3. The molecule has 0 fully saturated rings. The number of ether oxygens (including phenoxy) is 1. The van der Waals surface area contributed by atoms with Crippen LogP contribution in [0.25, 0.3) is 0 Å². The van der Waals surface area contributed by atoms with Gasteiger partial charge in [0.25, 0.3) is 0 Å². The molecule has 0 aliphatic carbocycles. The van der Waals surface area contributed by atoms with E-state index in [2.05, 4.69) is 30.6 Å². The predicted molar refractivity (Wildman–Crippen MR) is 81.5 cm³/mol. The van der Waals surface area contributed by atoms with Crippen molar-refractivity contribution in [2.75, 3.05) is 12.0 Å². The van der Waals surface area contributed by atoms with Crippen LogP contribution in [0.1, 0.15) is 32.8 Å². The van der Waals surface area contributed by atoms with Crippen LogP contribution >= 0.6 is 11.8 Å². The summed E-state index contributed by atoms with van der Waals surface area (Å²) in [5, 5.41) is 3.54. The fourth-order valence-electron chi connectivity index (χ4n) is 1.65. The van der Waals surface area contributed by atoms with Crippen LogP contribution in [0.2, 0.25) is 0 Å². The molecule has 1 N–H and O–H groups in total. The zero-order valence-corrected chi connectivity index (χ0v) is 12.7. The van der Waals surface area contributed by atoms with Crippen LogP contribution in [0.3, 0.4) is 0 Å². The van der Waals surface area contributed by atoms with Gasteiger partial charge in [-0.2, -0.15) is 11.8 Å². The zero-order valence-electron chi connectivity index (χ0n) is 11.9. The van der Waals surface area contributed by atoms with E-state index in [1.165, 1.54) is 17.7 Å². The first kappa shape index (κ1) is 15.4. The molecule has 102 valence electrons. The molecule has 1 atom stereocenters. The second kappa shape index (κ2) is 8.44. The van der Waals surface area contributed by atoms with Crippen molar-refractivity contribution in [3.8, 4) is 5.75 Å². The smallest absolute Gasteiger partial charge is 0.119 e. The Morgan fingerprint density at radius 1 is 1.17 bits per heavy atom. The van der Waals surface area contributed by atoms with Gasteiger partial charge in [-0.15, -0.1) is 0 Å². The SMILES string of the molecule is CSCCC(C)NCc1ccc(OC(C)C)cc1. The molecule has 0 aliphatic rings. The van der Waals surface area contributed by atoms with Gasteiger partial charge < -0.3 is 10.1 Å². The lowest BCUT2D eigenvalue weighted by atomic mass is 10.2. The largest absolute Gasteiger partial charge is 0.491 e. The van der Waals surface area contributed by atoms with Crippen molar-refractivity contribution < 1.29 is 4.74 Å². The van der Waals surface area contributed by atoms with Crippen LogP contribution < -0.4 is 10.1 Å². The molecule has 0 radical (unpaired) electrons. The quantitative estimate of drug-likeness (QED) is 0.776. The molecule has 1 aromatic carbocycles. The normalized spacial score (nSPS) is 12.7. The van der Waals surface area contributed by atoms with Crippen molar-refractivity contribution in [2.45, 2.75) is 45.9 Å². The lowest BCUT2D eigenvalue weighted by Gasteiger charge is -2.14. The molecule has 0 heterocycles. The maximum Gasteiger partial charge on any atom is 0.119 e. The molecule has 0 aromatic heterocycles. The first-order valence-corrected chi connectivity index (χ1v) is 7.99. The van der Waals surface area contributed by atoms with Crippen molar-refractivity contribution >= 4 is 11.8 Å². The van der Waals surface area contributed by atoms with Gasteiger partial charge in [0, 0.05) is 12.6 Å². The van der Waals surface area contributed by atoms with E-state index in [-0.39, 0.29) is 6.10 Å². The molecule has 1 aromatic rings. The second-order valence-electron chi connectivity index (χ2n) is 4.87. The van der Waals surface area contributed by atoms with Gasteiger partial charge in [0.05, 0.1) is 6.10 Å². The summed E-state index contributed by atoms with van der Waals surface area (Å²) in [5.74, 6) is 2.17. The third-order valence-corrected chi connectivity index (χ3v) is 3.35. The van der Waals surface area contributed by atoms with Crippen molar-refractivity contribution in [3.05, 3.63) is 29.8 Å². The number of thioether (sulfide) groups is 1. The molecule has 0 amide bonds. The highest BCUT2D eigenvalue weighted by molar-refractivity contribution is 7.98. The molecule has 0 saturated carbocycles. The summed E-state index contributed by atoms with van der Waals surface area (Å²) >= 11 is 1.90. The third-order valence-electron chi connectivity index (χ3n) is 2.70. The maximum absolute atomic E-state index is 5.62. The van der Waals surface area contributed by atoms with E-state index in [1.807, 2.05) is 37.7 Å². The molecule has 1 unspecified atom stereocenters.